The molecule has 0 aliphatic carbocycles. The molecule has 0 saturated heterocycles. The Labute approximate surface area is 232 Å². The van der Waals surface area contributed by atoms with Crippen LogP contribution in [0.4, 0.5) is 11.4 Å². The molecular weight excluding hydrogens is 483 g/mol. The van der Waals surface area contributed by atoms with Crippen molar-refractivity contribution in [2.24, 2.45) is 9.98 Å². The minimum atomic E-state index is 0. The van der Waals surface area contributed by atoms with Crippen LogP contribution >= 0.6 is 0 Å². The molecule has 0 N–H and O–H groups in total. The summed E-state index contributed by atoms with van der Waals surface area (Å²) in [5, 5.41) is 0. The molecule has 0 saturated carbocycles. The first-order chi connectivity index (χ1) is 17.1. The summed E-state index contributed by atoms with van der Waals surface area (Å²) in [6, 6.07) is 17.1. The van der Waals surface area contributed by atoms with Gasteiger partial charge in [-0.15, -0.1) is 0 Å². The Morgan fingerprint density at radius 1 is 0.528 bits per heavy atom. The van der Waals surface area contributed by atoms with Crippen molar-refractivity contribution in [3.63, 3.8) is 0 Å². The Hall–Kier alpha value is -1.73. The van der Waals surface area contributed by atoms with Crippen LogP contribution in [0.5, 0.6) is 0 Å². The van der Waals surface area contributed by atoms with Crippen molar-refractivity contribution in [3.8, 4) is 0 Å². The van der Waals surface area contributed by atoms with Gasteiger partial charge in [0.2, 0.25) is 0 Å². The SMILES string of the molecule is CCCCCCCCCCCCC(=N\c1ccccc1)/C(CCCCC)=N/c1cc(C)cc(C)c1.[Ni]. The zero-order valence-electron chi connectivity index (χ0n) is 23.4. The summed E-state index contributed by atoms with van der Waals surface area (Å²) in [6.07, 6.45) is 19.2. The number of hydrogen-bond acceptors (Lipinski definition) is 2. The van der Waals surface area contributed by atoms with Gasteiger partial charge >= 0.3 is 0 Å². The molecule has 202 valence electrons. The van der Waals surface area contributed by atoms with E-state index in [0.29, 0.717) is 0 Å². The average molecular weight is 533 g/mol. The Morgan fingerprint density at radius 3 is 1.47 bits per heavy atom. The molecule has 0 heterocycles. The summed E-state index contributed by atoms with van der Waals surface area (Å²) in [4.78, 5) is 10.3. The third kappa shape index (κ3) is 14.1. The van der Waals surface area contributed by atoms with Gasteiger partial charge in [0.1, 0.15) is 0 Å². The molecule has 0 amide bonds. The van der Waals surface area contributed by atoms with Crippen LogP contribution in [0.15, 0.2) is 58.5 Å². The number of benzene rings is 2. The van der Waals surface area contributed by atoms with E-state index in [0.717, 1.165) is 24.2 Å². The molecule has 0 bridgehead atoms. The molecule has 0 unspecified atom stereocenters. The number of nitrogens with zero attached hydrogens (tertiary/aromatic N) is 2. The van der Waals surface area contributed by atoms with Crippen molar-refractivity contribution in [1.82, 2.24) is 0 Å². The third-order valence-electron chi connectivity index (χ3n) is 6.61. The third-order valence-corrected chi connectivity index (χ3v) is 6.61. The van der Waals surface area contributed by atoms with Gasteiger partial charge in [-0.1, -0.05) is 109 Å². The molecule has 2 nitrogen and oxygen atoms in total. The van der Waals surface area contributed by atoms with Crippen molar-refractivity contribution in [2.45, 2.75) is 124 Å². The zero-order chi connectivity index (χ0) is 25.1. The van der Waals surface area contributed by atoms with Gasteiger partial charge in [-0.25, -0.2) is 0 Å². The number of hydrogen-bond donors (Lipinski definition) is 0. The maximum Gasteiger partial charge on any atom is 0.0639 e. The van der Waals surface area contributed by atoms with Crippen molar-refractivity contribution in [3.05, 3.63) is 59.7 Å². The zero-order valence-corrected chi connectivity index (χ0v) is 24.4. The number of rotatable bonds is 18. The molecule has 3 heteroatoms. The first-order valence-electron chi connectivity index (χ1n) is 14.4. The van der Waals surface area contributed by atoms with Crippen molar-refractivity contribution in [2.75, 3.05) is 0 Å². The molecule has 0 aromatic heterocycles. The molecule has 0 fully saturated rings. The van der Waals surface area contributed by atoms with E-state index in [9.17, 15) is 0 Å². The Bertz CT molecular complexity index is 866. The molecule has 0 atom stereocenters. The topological polar surface area (TPSA) is 24.7 Å². The van der Waals surface area contributed by atoms with E-state index < -0.39 is 0 Å². The van der Waals surface area contributed by atoms with Crippen LogP contribution in [-0.2, 0) is 16.5 Å². The van der Waals surface area contributed by atoms with E-state index in [2.05, 4.69) is 76.2 Å². The summed E-state index contributed by atoms with van der Waals surface area (Å²) in [5.74, 6) is 0. The fourth-order valence-corrected chi connectivity index (χ4v) is 4.68. The van der Waals surface area contributed by atoms with Gasteiger partial charge in [-0.3, -0.25) is 9.98 Å². The normalized spacial score (nSPS) is 12.0. The van der Waals surface area contributed by atoms with Crippen molar-refractivity contribution in [1.29, 1.82) is 0 Å². The average Bonchev–Trinajstić information content (AvgIpc) is 2.84. The summed E-state index contributed by atoms with van der Waals surface area (Å²) in [7, 11) is 0. The number of unbranched alkanes of at least 4 members (excludes halogenated alkanes) is 11. The van der Waals surface area contributed by atoms with Crippen LogP contribution in [0.3, 0.4) is 0 Å². The van der Waals surface area contributed by atoms with Crippen LogP contribution in [0.2, 0.25) is 0 Å². The van der Waals surface area contributed by atoms with E-state index in [1.165, 1.54) is 106 Å². The second-order valence-corrected chi connectivity index (χ2v) is 10.2. The second kappa shape index (κ2) is 20.3. The van der Waals surface area contributed by atoms with Crippen molar-refractivity contribution >= 4 is 22.8 Å². The largest absolute Gasteiger partial charge is 0.252 e. The smallest absolute Gasteiger partial charge is 0.0639 e. The van der Waals surface area contributed by atoms with Gasteiger partial charge in [0, 0.05) is 16.5 Å². The van der Waals surface area contributed by atoms with Crippen LogP contribution in [0.25, 0.3) is 0 Å². The fourth-order valence-electron chi connectivity index (χ4n) is 4.68. The van der Waals surface area contributed by atoms with Gasteiger partial charge in [-0.05, 0) is 74.9 Å². The van der Waals surface area contributed by atoms with Crippen LogP contribution in [-0.4, -0.2) is 11.4 Å². The number of para-hydroxylation sites is 1. The minimum Gasteiger partial charge on any atom is -0.252 e. The molecule has 0 aliphatic rings. The van der Waals surface area contributed by atoms with Gasteiger partial charge < -0.3 is 0 Å². The number of aryl methyl sites for hydroxylation is 2. The molecule has 2 aromatic carbocycles. The fraction of sp³-hybridized carbons (Fsp3) is 0.576. The number of aliphatic imine (C=N–C) groups is 2. The predicted octanol–water partition coefficient (Wildman–Crippen LogP) is 11.0. The molecule has 36 heavy (non-hydrogen) atoms. The summed E-state index contributed by atoms with van der Waals surface area (Å²) in [5.41, 5.74) is 7.02. The molecule has 2 aromatic rings. The molecule has 0 spiro atoms. The van der Waals surface area contributed by atoms with Crippen LogP contribution in [0.1, 0.15) is 121 Å². The minimum absolute atomic E-state index is 0. The van der Waals surface area contributed by atoms with Gasteiger partial charge in [0.25, 0.3) is 0 Å². The first-order valence-corrected chi connectivity index (χ1v) is 14.4. The van der Waals surface area contributed by atoms with E-state index in [4.69, 9.17) is 9.98 Å². The maximum absolute atomic E-state index is 5.20. The van der Waals surface area contributed by atoms with E-state index in [1.54, 1.807) is 0 Å². The van der Waals surface area contributed by atoms with Crippen molar-refractivity contribution < 1.29 is 16.5 Å². The quantitative estimate of drug-likeness (QED) is 0.103. The van der Waals surface area contributed by atoms with Crippen LogP contribution < -0.4 is 0 Å². The monoisotopic (exact) mass is 532 g/mol. The van der Waals surface area contributed by atoms with E-state index in [1.807, 2.05) is 0 Å². The maximum atomic E-state index is 5.20. The van der Waals surface area contributed by atoms with E-state index >= 15 is 0 Å². The molecule has 0 radical (unpaired) electrons. The van der Waals surface area contributed by atoms with E-state index in [-0.39, 0.29) is 16.5 Å². The van der Waals surface area contributed by atoms with Gasteiger partial charge in [-0.2, -0.15) is 0 Å². The summed E-state index contributed by atoms with van der Waals surface area (Å²) < 4.78 is 0. The molecular formula is C33H50N2Ni. The Kier molecular flexibility index (Phi) is 18.3. The molecule has 0 aliphatic heterocycles. The van der Waals surface area contributed by atoms with Crippen LogP contribution in [0, 0.1) is 13.8 Å². The first kappa shape index (κ1) is 32.3. The second-order valence-electron chi connectivity index (χ2n) is 10.2. The standard InChI is InChI=1S/C33H50N2.Ni/c1-5-7-9-10-11-12-13-14-15-20-24-32(34-30-21-18-16-19-22-30)33(23-17-8-6-2)35-31-26-28(3)25-29(4)27-31;/h16,18-19,21-22,25-27H,5-15,17,20,23-24H2,1-4H3;/b34-32+,35-33+;. The van der Waals surface area contributed by atoms with Gasteiger partial charge in [0.15, 0.2) is 0 Å². The molecule has 2 rings (SSSR count). The van der Waals surface area contributed by atoms with Gasteiger partial charge in [0.05, 0.1) is 22.8 Å². The Morgan fingerprint density at radius 2 is 0.944 bits per heavy atom. The summed E-state index contributed by atoms with van der Waals surface area (Å²) >= 11 is 0. The Balaban J connectivity index is 0.00000648. The summed E-state index contributed by atoms with van der Waals surface area (Å²) in [6.45, 7) is 8.87. The predicted molar refractivity (Wildman–Crippen MR) is 157 cm³/mol.